The van der Waals surface area contributed by atoms with Gasteiger partial charge in [0.25, 0.3) is 0 Å². The predicted molar refractivity (Wildman–Crippen MR) is 89.9 cm³/mol. The molecule has 0 radical (unpaired) electrons. The third-order valence-corrected chi connectivity index (χ3v) is 5.56. The molecule has 1 heterocycles. The smallest absolute Gasteiger partial charge is 0.242 e. The number of aromatic nitrogens is 4. The van der Waals surface area contributed by atoms with Gasteiger partial charge in [-0.1, -0.05) is 31.5 Å². The Morgan fingerprint density at radius 2 is 2.00 bits per heavy atom. The monoisotopic (exact) mass is 351 g/mol. The van der Waals surface area contributed by atoms with Gasteiger partial charge in [0.1, 0.15) is 11.0 Å². The molecule has 1 amide bonds. The molecule has 0 fully saturated rings. The summed E-state index contributed by atoms with van der Waals surface area (Å²) >= 11 is 0. The average Bonchev–Trinajstić information content (AvgIpc) is 2.99. The zero-order chi connectivity index (χ0) is 17.6. The van der Waals surface area contributed by atoms with Gasteiger partial charge in [-0.2, -0.15) is 0 Å². The van der Waals surface area contributed by atoms with E-state index in [9.17, 15) is 13.2 Å². The highest BCUT2D eigenvalue weighted by Crippen LogP contribution is 2.13. The maximum absolute atomic E-state index is 12.5. The number of benzene rings is 1. The summed E-state index contributed by atoms with van der Waals surface area (Å²) in [6.45, 7) is 3.95. The lowest BCUT2D eigenvalue weighted by Crippen LogP contribution is -2.34. The molecule has 130 valence electrons. The van der Waals surface area contributed by atoms with Gasteiger partial charge in [-0.25, -0.2) is 13.1 Å². The van der Waals surface area contributed by atoms with Crippen LogP contribution in [-0.2, 0) is 26.9 Å². The van der Waals surface area contributed by atoms with Crippen molar-refractivity contribution in [2.45, 2.75) is 44.2 Å². The van der Waals surface area contributed by atoms with Gasteiger partial charge in [0.05, 0.1) is 0 Å². The number of unbranched alkanes of at least 4 members (excludes halogenated alkanes) is 1. The summed E-state index contributed by atoms with van der Waals surface area (Å²) in [6, 6.07) is 8.73. The summed E-state index contributed by atoms with van der Waals surface area (Å²) in [6.07, 6.45) is 1.80. The average molecular weight is 351 g/mol. The fraction of sp³-hybridized carbons (Fsp3) is 0.467. The number of carbonyl (C=O) groups is 1. The summed E-state index contributed by atoms with van der Waals surface area (Å²) in [7, 11) is -3.73. The quantitative estimate of drug-likeness (QED) is 0.771. The number of amides is 1. The predicted octanol–water partition coefficient (Wildman–Crippen LogP) is 1.42. The van der Waals surface area contributed by atoms with Crippen LogP contribution in [0.25, 0.3) is 0 Å². The van der Waals surface area contributed by atoms with Crippen LogP contribution in [-0.4, -0.2) is 39.8 Å². The summed E-state index contributed by atoms with van der Waals surface area (Å²) in [5, 5.41) is 12.5. The molecule has 1 unspecified atom stereocenters. The van der Waals surface area contributed by atoms with E-state index in [0.29, 0.717) is 12.2 Å². The number of sulfone groups is 1. The van der Waals surface area contributed by atoms with Crippen molar-refractivity contribution in [3.05, 3.63) is 36.2 Å². The number of para-hydroxylation sites is 1. The number of anilines is 1. The zero-order valence-corrected chi connectivity index (χ0v) is 14.5. The Morgan fingerprint density at radius 1 is 1.29 bits per heavy atom. The first-order valence-electron chi connectivity index (χ1n) is 7.76. The minimum Gasteiger partial charge on any atom is -0.325 e. The largest absolute Gasteiger partial charge is 0.325 e. The fourth-order valence-corrected chi connectivity index (χ4v) is 3.24. The molecule has 9 heteroatoms. The summed E-state index contributed by atoms with van der Waals surface area (Å²) < 4.78 is 26.4. The Balaban J connectivity index is 2.06. The second-order valence-corrected chi connectivity index (χ2v) is 7.80. The fourth-order valence-electron chi connectivity index (χ4n) is 2.04. The molecule has 8 nitrogen and oxygen atoms in total. The number of nitrogens with zero attached hydrogens (tertiary/aromatic N) is 4. The molecule has 1 aromatic heterocycles. The minimum atomic E-state index is -3.73. The molecule has 0 spiro atoms. The van der Waals surface area contributed by atoms with Gasteiger partial charge in [-0.3, -0.25) is 4.79 Å². The van der Waals surface area contributed by atoms with Gasteiger partial charge < -0.3 is 5.32 Å². The van der Waals surface area contributed by atoms with Crippen LogP contribution in [0.15, 0.2) is 30.3 Å². The first-order chi connectivity index (χ1) is 11.4. The number of nitrogens with one attached hydrogen (secondary N) is 1. The molecule has 1 aromatic carbocycles. The third kappa shape index (κ3) is 4.60. The van der Waals surface area contributed by atoms with Crippen molar-refractivity contribution in [1.29, 1.82) is 0 Å². The van der Waals surface area contributed by atoms with Crippen molar-refractivity contribution < 1.29 is 13.2 Å². The Kier molecular flexibility index (Phi) is 6.02. The molecule has 0 bridgehead atoms. The van der Waals surface area contributed by atoms with Crippen molar-refractivity contribution in [1.82, 2.24) is 20.2 Å². The normalized spacial score (nSPS) is 12.8. The summed E-state index contributed by atoms with van der Waals surface area (Å²) in [5.74, 6) is -0.691. The molecule has 0 aliphatic rings. The number of tetrazole rings is 1. The number of rotatable bonds is 8. The first kappa shape index (κ1) is 18.1. The Morgan fingerprint density at radius 3 is 2.67 bits per heavy atom. The van der Waals surface area contributed by atoms with Gasteiger partial charge in [0, 0.05) is 12.2 Å². The third-order valence-electron chi connectivity index (χ3n) is 3.61. The molecule has 24 heavy (non-hydrogen) atoms. The highest BCUT2D eigenvalue weighted by Gasteiger charge is 2.30. The standard InChI is InChI=1S/C15H21N5O3S/c1-3-4-10-20-14(17-18-19-20)11-24(22,23)12(2)15(21)16-13-8-6-5-7-9-13/h5-9,12H,3-4,10-11H2,1-2H3,(H,16,21). The maximum atomic E-state index is 12.5. The van der Waals surface area contributed by atoms with Crippen LogP contribution in [0.1, 0.15) is 32.5 Å². The molecule has 0 saturated carbocycles. The second-order valence-electron chi connectivity index (χ2n) is 5.48. The van der Waals surface area contributed by atoms with Crippen molar-refractivity contribution in [2.24, 2.45) is 0 Å². The van der Waals surface area contributed by atoms with E-state index >= 15 is 0 Å². The lowest BCUT2D eigenvalue weighted by molar-refractivity contribution is -0.115. The molecule has 0 aliphatic carbocycles. The van der Waals surface area contributed by atoms with Crippen LogP contribution >= 0.6 is 0 Å². The second kappa shape index (κ2) is 8.00. The number of hydrogen-bond acceptors (Lipinski definition) is 6. The topological polar surface area (TPSA) is 107 Å². The van der Waals surface area contributed by atoms with Crippen LogP contribution in [0.2, 0.25) is 0 Å². The van der Waals surface area contributed by atoms with Gasteiger partial charge in [-0.15, -0.1) is 5.10 Å². The molecular weight excluding hydrogens is 330 g/mol. The van der Waals surface area contributed by atoms with E-state index < -0.39 is 21.0 Å². The number of hydrogen-bond donors (Lipinski definition) is 1. The van der Waals surface area contributed by atoms with Crippen LogP contribution < -0.4 is 5.32 Å². The van der Waals surface area contributed by atoms with E-state index in [1.54, 1.807) is 24.3 Å². The molecule has 0 saturated heterocycles. The molecule has 2 aromatic rings. The van der Waals surface area contributed by atoms with Gasteiger partial charge >= 0.3 is 0 Å². The van der Waals surface area contributed by atoms with E-state index in [4.69, 9.17) is 0 Å². The molecule has 2 rings (SSSR count). The number of aryl methyl sites for hydroxylation is 1. The molecular formula is C15H21N5O3S. The van der Waals surface area contributed by atoms with Crippen molar-refractivity contribution in [2.75, 3.05) is 5.32 Å². The SMILES string of the molecule is CCCCn1nnnc1CS(=O)(=O)C(C)C(=O)Nc1ccccc1. The minimum absolute atomic E-state index is 0.253. The van der Waals surface area contributed by atoms with E-state index in [-0.39, 0.29) is 11.6 Å². The molecule has 1 N–H and O–H groups in total. The van der Waals surface area contributed by atoms with Crippen LogP contribution in [0.5, 0.6) is 0 Å². The highest BCUT2D eigenvalue weighted by molar-refractivity contribution is 7.92. The van der Waals surface area contributed by atoms with Crippen molar-refractivity contribution in [3.63, 3.8) is 0 Å². The van der Waals surface area contributed by atoms with Gasteiger partial charge in [-0.05, 0) is 35.9 Å². The van der Waals surface area contributed by atoms with Gasteiger partial charge in [0.2, 0.25) is 5.91 Å². The van der Waals surface area contributed by atoms with E-state index in [0.717, 1.165) is 12.8 Å². The summed E-state index contributed by atoms with van der Waals surface area (Å²) in [4.78, 5) is 12.2. The lowest BCUT2D eigenvalue weighted by atomic mass is 10.3. The maximum Gasteiger partial charge on any atom is 0.242 e. The van der Waals surface area contributed by atoms with Crippen molar-refractivity contribution in [3.8, 4) is 0 Å². The molecule has 1 atom stereocenters. The van der Waals surface area contributed by atoms with Crippen molar-refractivity contribution >= 4 is 21.4 Å². The van der Waals surface area contributed by atoms with Gasteiger partial charge in [0.15, 0.2) is 15.7 Å². The molecule has 0 aliphatic heterocycles. The Bertz CT molecular complexity index is 773. The van der Waals surface area contributed by atoms with E-state index in [2.05, 4.69) is 20.8 Å². The zero-order valence-electron chi connectivity index (χ0n) is 13.7. The summed E-state index contributed by atoms with van der Waals surface area (Å²) in [5.41, 5.74) is 0.553. The number of carbonyl (C=O) groups excluding carboxylic acids is 1. The lowest BCUT2D eigenvalue weighted by Gasteiger charge is -2.13. The van der Waals surface area contributed by atoms with Crippen LogP contribution in [0.3, 0.4) is 0 Å². The highest BCUT2D eigenvalue weighted by atomic mass is 32.2. The van der Waals surface area contributed by atoms with E-state index in [1.165, 1.54) is 11.6 Å². The van der Waals surface area contributed by atoms with Crippen LogP contribution in [0, 0.1) is 0 Å². The Hall–Kier alpha value is -2.29. The Labute approximate surface area is 141 Å². The van der Waals surface area contributed by atoms with Crippen LogP contribution in [0.4, 0.5) is 5.69 Å². The first-order valence-corrected chi connectivity index (χ1v) is 9.48. The van der Waals surface area contributed by atoms with E-state index in [1.807, 2.05) is 13.0 Å².